The first-order valence-corrected chi connectivity index (χ1v) is 8.68. The van der Waals surface area contributed by atoms with Crippen LogP contribution in [0.4, 0.5) is 4.39 Å². The smallest absolute Gasteiger partial charge is 0.354 e. The highest BCUT2D eigenvalue weighted by molar-refractivity contribution is 5.88. The number of ether oxygens (including phenoxy) is 1. The highest BCUT2D eigenvalue weighted by atomic mass is 19.1. The SMILES string of the molecule is COc1cc2cc(-c3ccccc3)n(Cc3cccc(C(=O)O)n3)c2cc1F. The molecule has 0 aliphatic heterocycles. The Labute approximate surface area is 160 Å². The van der Waals surface area contributed by atoms with Crippen LogP contribution >= 0.6 is 0 Å². The number of carbonyl (C=O) groups is 1. The molecule has 0 atom stereocenters. The van der Waals surface area contributed by atoms with Crippen LogP contribution in [0.5, 0.6) is 5.75 Å². The molecule has 4 aromatic rings. The van der Waals surface area contributed by atoms with E-state index >= 15 is 0 Å². The number of halogens is 1. The molecule has 0 fully saturated rings. The van der Waals surface area contributed by atoms with E-state index in [1.807, 2.05) is 41.0 Å². The van der Waals surface area contributed by atoms with E-state index in [0.717, 1.165) is 16.6 Å². The molecule has 0 spiro atoms. The molecule has 1 N–H and O–H groups in total. The molecule has 0 saturated carbocycles. The maximum atomic E-state index is 14.4. The fourth-order valence-electron chi connectivity index (χ4n) is 3.29. The van der Waals surface area contributed by atoms with Gasteiger partial charge in [0.25, 0.3) is 0 Å². The van der Waals surface area contributed by atoms with Gasteiger partial charge in [0.2, 0.25) is 0 Å². The van der Waals surface area contributed by atoms with Gasteiger partial charge >= 0.3 is 5.97 Å². The summed E-state index contributed by atoms with van der Waals surface area (Å²) >= 11 is 0. The Kier molecular flexibility index (Phi) is 4.53. The van der Waals surface area contributed by atoms with E-state index in [1.54, 1.807) is 18.2 Å². The van der Waals surface area contributed by atoms with Crippen molar-refractivity contribution in [3.63, 3.8) is 0 Å². The maximum absolute atomic E-state index is 14.4. The second-order valence-electron chi connectivity index (χ2n) is 6.35. The fourth-order valence-corrected chi connectivity index (χ4v) is 3.29. The number of hydrogen-bond donors (Lipinski definition) is 1. The van der Waals surface area contributed by atoms with E-state index in [2.05, 4.69) is 4.98 Å². The van der Waals surface area contributed by atoms with E-state index in [1.165, 1.54) is 19.2 Å². The lowest BCUT2D eigenvalue weighted by Crippen LogP contribution is -2.07. The number of aromatic nitrogens is 2. The zero-order valence-corrected chi connectivity index (χ0v) is 15.1. The zero-order chi connectivity index (χ0) is 19.7. The lowest BCUT2D eigenvalue weighted by molar-refractivity contribution is 0.0690. The predicted octanol–water partition coefficient (Wildman–Crippen LogP) is 4.60. The minimum Gasteiger partial charge on any atom is -0.494 e. The van der Waals surface area contributed by atoms with Crippen molar-refractivity contribution in [3.8, 4) is 17.0 Å². The first-order valence-electron chi connectivity index (χ1n) is 8.68. The van der Waals surface area contributed by atoms with E-state index in [4.69, 9.17) is 4.74 Å². The van der Waals surface area contributed by atoms with Crippen molar-refractivity contribution in [2.45, 2.75) is 6.54 Å². The summed E-state index contributed by atoms with van der Waals surface area (Å²) in [6, 6.07) is 19.7. The summed E-state index contributed by atoms with van der Waals surface area (Å²) in [5, 5.41) is 10.0. The molecule has 5 nitrogen and oxygen atoms in total. The average Bonchev–Trinajstić information content (AvgIpc) is 3.05. The number of fused-ring (bicyclic) bond motifs is 1. The zero-order valence-electron chi connectivity index (χ0n) is 15.1. The summed E-state index contributed by atoms with van der Waals surface area (Å²) in [7, 11) is 1.43. The van der Waals surface area contributed by atoms with Gasteiger partial charge in [0.1, 0.15) is 5.69 Å². The lowest BCUT2D eigenvalue weighted by atomic mass is 10.1. The molecule has 28 heavy (non-hydrogen) atoms. The number of pyridine rings is 1. The molecule has 6 heteroatoms. The highest BCUT2D eigenvalue weighted by Gasteiger charge is 2.16. The number of carboxylic acids is 1. The molecule has 0 aliphatic carbocycles. The Morgan fingerprint density at radius 2 is 1.89 bits per heavy atom. The van der Waals surface area contributed by atoms with Gasteiger partial charge in [0.05, 0.1) is 24.9 Å². The largest absolute Gasteiger partial charge is 0.494 e. The van der Waals surface area contributed by atoms with Gasteiger partial charge in [-0.2, -0.15) is 0 Å². The molecule has 0 amide bonds. The maximum Gasteiger partial charge on any atom is 0.354 e. The lowest BCUT2D eigenvalue weighted by Gasteiger charge is -2.12. The van der Waals surface area contributed by atoms with E-state index < -0.39 is 11.8 Å². The van der Waals surface area contributed by atoms with Crippen LogP contribution in [0, 0.1) is 5.82 Å². The van der Waals surface area contributed by atoms with Crippen LogP contribution < -0.4 is 4.74 Å². The van der Waals surface area contributed by atoms with Crippen molar-refractivity contribution in [1.29, 1.82) is 0 Å². The number of benzene rings is 2. The van der Waals surface area contributed by atoms with Crippen LogP contribution in [0.3, 0.4) is 0 Å². The normalized spacial score (nSPS) is 10.9. The van der Waals surface area contributed by atoms with E-state index in [0.29, 0.717) is 17.8 Å². The van der Waals surface area contributed by atoms with Crippen molar-refractivity contribution in [1.82, 2.24) is 9.55 Å². The van der Waals surface area contributed by atoms with E-state index in [9.17, 15) is 14.3 Å². The molecule has 0 radical (unpaired) electrons. The Bertz CT molecular complexity index is 1170. The minimum absolute atomic E-state index is 0.0249. The molecule has 0 aliphatic rings. The number of methoxy groups -OCH3 is 1. The molecule has 0 unspecified atom stereocenters. The Hall–Kier alpha value is -3.67. The molecular weight excluding hydrogens is 359 g/mol. The van der Waals surface area contributed by atoms with Gasteiger partial charge in [0.15, 0.2) is 11.6 Å². The Morgan fingerprint density at radius 1 is 1.11 bits per heavy atom. The van der Waals surface area contributed by atoms with Crippen molar-refractivity contribution in [2.75, 3.05) is 7.11 Å². The second-order valence-corrected chi connectivity index (χ2v) is 6.35. The van der Waals surface area contributed by atoms with Crippen molar-refractivity contribution in [3.05, 3.63) is 83.9 Å². The molecule has 0 bridgehead atoms. The monoisotopic (exact) mass is 376 g/mol. The molecule has 2 heterocycles. The van der Waals surface area contributed by atoms with Crippen LogP contribution in [-0.2, 0) is 6.54 Å². The van der Waals surface area contributed by atoms with Crippen molar-refractivity contribution < 1.29 is 19.0 Å². The molecule has 2 aromatic heterocycles. The Balaban J connectivity index is 1.90. The topological polar surface area (TPSA) is 64.3 Å². The fraction of sp³-hybridized carbons (Fsp3) is 0.0909. The number of carboxylic acid groups (broad SMARTS) is 1. The van der Waals surface area contributed by atoms with Crippen LogP contribution in [-0.4, -0.2) is 27.7 Å². The first-order chi connectivity index (χ1) is 13.6. The van der Waals surface area contributed by atoms with Crippen LogP contribution in [0.15, 0.2) is 66.7 Å². The van der Waals surface area contributed by atoms with Gasteiger partial charge in [-0.15, -0.1) is 0 Å². The van der Waals surface area contributed by atoms with Crippen LogP contribution in [0.2, 0.25) is 0 Å². The third-order valence-corrected chi connectivity index (χ3v) is 4.59. The van der Waals surface area contributed by atoms with Gasteiger partial charge < -0.3 is 14.4 Å². The summed E-state index contributed by atoms with van der Waals surface area (Å²) in [5.41, 5.74) is 3.08. The van der Waals surface area contributed by atoms with Gasteiger partial charge in [0, 0.05) is 17.1 Å². The Morgan fingerprint density at radius 3 is 2.61 bits per heavy atom. The van der Waals surface area contributed by atoms with Crippen LogP contribution in [0.1, 0.15) is 16.2 Å². The van der Waals surface area contributed by atoms with Gasteiger partial charge in [-0.3, -0.25) is 0 Å². The minimum atomic E-state index is -1.08. The standard InChI is InChI=1S/C22H17FN2O3/c1-28-21-11-15-10-19(14-6-3-2-4-7-14)25(20(15)12-17(21)23)13-16-8-5-9-18(24-16)22(26)27/h2-12H,13H2,1H3,(H,26,27). The third kappa shape index (κ3) is 3.20. The second kappa shape index (κ2) is 7.15. The quantitative estimate of drug-likeness (QED) is 0.553. The number of aromatic carboxylic acids is 1. The summed E-state index contributed by atoms with van der Waals surface area (Å²) in [6.45, 7) is 0.306. The molecular formula is C22H17FN2O3. The summed E-state index contributed by atoms with van der Waals surface area (Å²) in [4.78, 5) is 15.4. The number of rotatable bonds is 5. The molecule has 2 aromatic carbocycles. The number of hydrogen-bond acceptors (Lipinski definition) is 3. The molecule has 140 valence electrons. The highest BCUT2D eigenvalue weighted by Crippen LogP contribution is 2.32. The molecule has 4 rings (SSSR count). The molecule has 0 saturated heterocycles. The first kappa shape index (κ1) is 17.7. The van der Waals surface area contributed by atoms with E-state index in [-0.39, 0.29) is 11.4 Å². The third-order valence-electron chi connectivity index (χ3n) is 4.59. The van der Waals surface area contributed by atoms with Gasteiger partial charge in [-0.25, -0.2) is 14.2 Å². The average molecular weight is 376 g/mol. The summed E-state index contributed by atoms with van der Waals surface area (Å²) in [6.07, 6.45) is 0. The summed E-state index contributed by atoms with van der Waals surface area (Å²) in [5.74, 6) is -1.37. The van der Waals surface area contributed by atoms with Gasteiger partial charge in [-0.1, -0.05) is 36.4 Å². The summed E-state index contributed by atoms with van der Waals surface area (Å²) < 4.78 is 21.4. The van der Waals surface area contributed by atoms with Crippen molar-refractivity contribution in [2.24, 2.45) is 0 Å². The van der Waals surface area contributed by atoms with Gasteiger partial charge in [-0.05, 0) is 29.8 Å². The van der Waals surface area contributed by atoms with Crippen molar-refractivity contribution >= 4 is 16.9 Å². The predicted molar refractivity (Wildman–Crippen MR) is 104 cm³/mol. The van der Waals surface area contributed by atoms with Crippen LogP contribution in [0.25, 0.3) is 22.2 Å². The number of nitrogens with zero attached hydrogens (tertiary/aromatic N) is 2.